The Morgan fingerprint density at radius 1 is 1.00 bits per heavy atom. The quantitative estimate of drug-likeness (QED) is 0.869. The van der Waals surface area contributed by atoms with Crippen molar-refractivity contribution in [2.24, 2.45) is 23.2 Å². The monoisotopic (exact) mass is 285 g/mol. The third kappa shape index (κ3) is 2.64. The summed E-state index contributed by atoms with van der Waals surface area (Å²) in [5.41, 5.74) is 1.55. The van der Waals surface area contributed by atoms with Gasteiger partial charge in [-0.1, -0.05) is 30.3 Å². The lowest BCUT2D eigenvalue weighted by Gasteiger charge is -2.58. The molecule has 2 nitrogen and oxygen atoms in total. The highest BCUT2D eigenvalue weighted by atomic mass is 16.3. The summed E-state index contributed by atoms with van der Waals surface area (Å²) in [6.45, 7) is 1.62. The van der Waals surface area contributed by atoms with E-state index in [4.69, 9.17) is 0 Å². The first kappa shape index (κ1) is 13.8. The highest BCUT2D eigenvalue weighted by molar-refractivity contribution is 5.14. The van der Waals surface area contributed by atoms with Crippen molar-refractivity contribution in [2.75, 3.05) is 6.54 Å². The first-order valence-corrected chi connectivity index (χ1v) is 8.66. The summed E-state index contributed by atoms with van der Waals surface area (Å²) in [5.74, 6) is 2.75. The molecule has 0 aliphatic heterocycles. The number of aliphatic hydroxyl groups excluding tert-OH is 1. The van der Waals surface area contributed by atoms with Crippen molar-refractivity contribution in [1.82, 2.24) is 5.32 Å². The van der Waals surface area contributed by atoms with Crippen LogP contribution in [0.5, 0.6) is 0 Å². The molecule has 4 saturated carbocycles. The van der Waals surface area contributed by atoms with Crippen LogP contribution in [0.2, 0.25) is 0 Å². The Balaban J connectivity index is 1.35. The van der Waals surface area contributed by atoms with Crippen LogP contribution in [0.25, 0.3) is 0 Å². The van der Waals surface area contributed by atoms with Gasteiger partial charge in [-0.25, -0.2) is 0 Å². The van der Waals surface area contributed by atoms with Crippen LogP contribution < -0.4 is 5.32 Å². The van der Waals surface area contributed by atoms with Crippen molar-refractivity contribution in [2.45, 2.75) is 51.2 Å². The first-order valence-electron chi connectivity index (χ1n) is 8.66. The molecule has 2 N–H and O–H groups in total. The van der Waals surface area contributed by atoms with Gasteiger partial charge in [-0.15, -0.1) is 0 Å². The van der Waals surface area contributed by atoms with Crippen LogP contribution in [-0.4, -0.2) is 17.8 Å². The van der Waals surface area contributed by atoms with Gasteiger partial charge in [0.2, 0.25) is 0 Å². The van der Waals surface area contributed by atoms with E-state index < -0.39 is 0 Å². The van der Waals surface area contributed by atoms with Crippen molar-refractivity contribution in [3.8, 4) is 0 Å². The molecule has 0 aromatic heterocycles. The summed E-state index contributed by atoms with van der Waals surface area (Å²) < 4.78 is 0. The number of aliphatic hydroxyl groups is 1. The van der Waals surface area contributed by atoms with E-state index in [1.807, 2.05) is 6.07 Å². The molecule has 4 aliphatic rings. The van der Waals surface area contributed by atoms with Crippen LogP contribution in [0, 0.1) is 23.2 Å². The average molecular weight is 285 g/mol. The van der Waals surface area contributed by atoms with Gasteiger partial charge in [0.05, 0.1) is 6.10 Å². The molecular formula is C19H27NO. The molecule has 4 aliphatic carbocycles. The lowest BCUT2D eigenvalue weighted by molar-refractivity contribution is -0.118. The summed E-state index contributed by atoms with van der Waals surface area (Å²) in [6.07, 6.45) is 8.04. The fourth-order valence-corrected chi connectivity index (χ4v) is 5.75. The standard InChI is InChI=1S/C19H27NO/c21-18(13-20-12-14-4-2-1-3-5-14)19-9-15-6-16(10-19)8-17(7-15)11-19/h1-5,15-18,20-21H,6-13H2/t15?,16?,17?,18-,19?/m0/s1. The highest BCUT2D eigenvalue weighted by Gasteiger charge is 2.53. The van der Waals surface area contributed by atoms with Crippen LogP contribution in [0.4, 0.5) is 0 Å². The Morgan fingerprint density at radius 2 is 1.57 bits per heavy atom. The Hall–Kier alpha value is -0.860. The smallest absolute Gasteiger partial charge is 0.0721 e. The van der Waals surface area contributed by atoms with E-state index >= 15 is 0 Å². The first-order chi connectivity index (χ1) is 10.2. The molecule has 2 heteroatoms. The topological polar surface area (TPSA) is 32.3 Å². The fourth-order valence-electron chi connectivity index (χ4n) is 5.75. The molecule has 21 heavy (non-hydrogen) atoms. The molecule has 0 spiro atoms. The summed E-state index contributed by atoms with van der Waals surface area (Å²) in [4.78, 5) is 0. The maximum atomic E-state index is 10.8. The second-order valence-electron chi connectivity index (χ2n) is 7.91. The van der Waals surface area contributed by atoms with Gasteiger partial charge in [-0.3, -0.25) is 0 Å². The van der Waals surface area contributed by atoms with Crippen molar-refractivity contribution in [3.63, 3.8) is 0 Å². The van der Waals surface area contributed by atoms with Gasteiger partial charge < -0.3 is 10.4 Å². The van der Waals surface area contributed by atoms with E-state index in [2.05, 4.69) is 29.6 Å². The molecule has 114 valence electrons. The summed E-state index contributed by atoms with van der Waals surface area (Å²) in [7, 11) is 0. The van der Waals surface area contributed by atoms with E-state index in [-0.39, 0.29) is 11.5 Å². The van der Waals surface area contributed by atoms with Crippen molar-refractivity contribution >= 4 is 0 Å². The van der Waals surface area contributed by atoms with Gasteiger partial charge >= 0.3 is 0 Å². The largest absolute Gasteiger partial charge is 0.391 e. The molecular weight excluding hydrogens is 258 g/mol. The highest BCUT2D eigenvalue weighted by Crippen LogP contribution is 2.61. The van der Waals surface area contributed by atoms with Crippen LogP contribution in [-0.2, 0) is 6.54 Å². The van der Waals surface area contributed by atoms with Crippen LogP contribution >= 0.6 is 0 Å². The molecule has 0 unspecified atom stereocenters. The fraction of sp³-hybridized carbons (Fsp3) is 0.684. The number of hydrogen-bond acceptors (Lipinski definition) is 2. The molecule has 0 heterocycles. The molecule has 4 fully saturated rings. The molecule has 1 aromatic rings. The third-order valence-electron chi connectivity index (χ3n) is 6.30. The zero-order valence-corrected chi connectivity index (χ0v) is 12.8. The van der Waals surface area contributed by atoms with Crippen molar-refractivity contribution in [1.29, 1.82) is 0 Å². The molecule has 1 atom stereocenters. The van der Waals surface area contributed by atoms with Crippen LogP contribution in [0.15, 0.2) is 30.3 Å². The minimum atomic E-state index is -0.158. The number of nitrogens with one attached hydrogen (secondary N) is 1. The number of rotatable bonds is 5. The predicted octanol–water partition coefficient (Wildman–Crippen LogP) is 3.35. The summed E-state index contributed by atoms with van der Waals surface area (Å²) >= 11 is 0. The maximum absolute atomic E-state index is 10.8. The Morgan fingerprint density at radius 3 is 2.14 bits per heavy atom. The Bertz CT molecular complexity index is 448. The molecule has 5 rings (SSSR count). The average Bonchev–Trinajstić information content (AvgIpc) is 2.47. The van der Waals surface area contributed by atoms with Crippen LogP contribution in [0.1, 0.15) is 44.1 Å². The normalized spacial score (nSPS) is 38.6. The van der Waals surface area contributed by atoms with Gasteiger partial charge in [0.15, 0.2) is 0 Å². The molecule has 1 aromatic carbocycles. The summed E-state index contributed by atoms with van der Waals surface area (Å²) in [6, 6.07) is 10.5. The number of benzene rings is 1. The molecule has 0 amide bonds. The lowest BCUT2D eigenvalue weighted by Crippen LogP contribution is -2.54. The second kappa shape index (κ2) is 5.40. The zero-order valence-electron chi connectivity index (χ0n) is 12.8. The molecule has 4 bridgehead atoms. The predicted molar refractivity (Wildman–Crippen MR) is 84.8 cm³/mol. The lowest BCUT2D eigenvalue weighted by atomic mass is 9.48. The SMILES string of the molecule is O[C@@H](CNCc1ccccc1)C12CC3CC(CC(C3)C1)C2. The van der Waals surface area contributed by atoms with E-state index in [0.29, 0.717) is 0 Å². The summed E-state index contributed by atoms with van der Waals surface area (Å²) in [5, 5.41) is 14.3. The van der Waals surface area contributed by atoms with E-state index in [0.717, 1.165) is 30.8 Å². The zero-order chi connectivity index (χ0) is 14.3. The minimum absolute atomic E-state index is 0.158. The van der Waals surface area contributed by atoms with Gasteiger partial charge in [-0.2, -0.15) is 0 Å². The Labute approximate surface area is 128 Å². The van der Waals surface area contributed by atoms with E-state index in [1.165, 1.54) is 44.1 Å². The van der Waals surface area contributed by atoms with Gasteiger partial charge in [0.1, 0.15) is 0 Å². The number of hydrogen-bond donors (Lipinski definition) is 2. The van der Waals surface area contributed by atoms with Gasteiger partial charge in [-0.05, 0) is 67.3 Å². The van der Waals surface area contributed by atoms with Crippen LogP contribution in [0.3, 0.4) is 0 Å². The van der Waals surface area contributed by atoms with Gasteiger partial charge in [0.25, 0.3) is 0 Å². The second-order valence-corrected chi connectivity index (χ2v) is 7.91. The van der Waals surface area contributed by atoms with E-state index in [9.17, 15) is 5.11 Å². The van der Waals surface area contributed by atoms with Crippen molar-refractivity contribution in [3.05, 3.63) is 35.9 Å². The molecule has 0 saturated heterocycles. The van der Waals surface area contributed by atoms with E-state index in [1.54, 1.807) is 0 Å². The Kier molecular flexibility index (Phi) is 3.55. The maximum Gasteiger partial charge on any atom is 0.0721 e. The van der Waals surface area contributed by atoms with Crippen molar-refractivity contribution < 1.29 is 5.11 Å². The van der Waals surface area contributed by atoms with Gasteiger partial charge in [0, 0.05) is 13.1 Å². The minimum Gasteiger partial charge on any atom is -0.391 e. The third-order valence-corrected chi connectivity index (χ3v) is 6.30. The molecule has 0 radical (unpaired) electrons.